The van der Waals surface area contributed by atoms with E-state index in [9.17, 15) is 19.8 Å². The Balaban J connectivity index is 1.88. The van der Waals surface area contributed by atoms with E-state index in [2.05, 4.69) is 18.0 Å². The minimum atomic E-state index is -1.23. The maximum atomic E-state index is 13.3. The lowest BCUT2D eigenvalue weighted by atomic mass is 9.72. The van der Waals surface area contributed by atoms with E-state index in [1.165, 1.54) is 16.9 Å². The molecule has 1 fully saturated rings. The number of aliphatic hydroxyl groups is 2. The Bertz CT molecular complexity index is 1010. The molecule has 1 aromatic rings. The second-order valence-corrected chi connectivity index (χ2v) is 12.0. The van der Waals surface area contributed by atoms with Crippen molar-refractivity contribution in [3.63, 3.8) is 0 Å². The highest BCUT2D eigenvalue weighted by Gasteiger charge is 2.47. The van der Waals surface area contributed by atoms with Crippen LogP contribution in [-0.4, -0.2) is 52.4 Å². The van der Waals surface area contributed by atoms with Gasteiger partial charge in [0.1, 0.15) is 11.9 Å². The fourth-order valence-electron chi connectivity index (χ4n) is 5.27. The first kappa shape index (κ1) is 28.5. The van der Waals surface area contributed by atoms with Crippen LogP contribution >= 0.6 is 11.3 Å². The molecule has 2 aliphatic rings. The zero-order valence-corrected chi connectivity index (χ0v) is 23.3. The normalized spacial score (nSPS) is 35.9. The monoisotopic (exact) mass is 519 g/mol. The quantitative estimate of drug-likeness (QED) is 0.435. The summed E-state index contributed by atoms with van der Waals surface area (Å²) in [5.74, 6) is -0.624. The molecule has 0 amide bonds. The molecule has 1 aliphatic carbocycles. The molecule has 1 saturated carbocycles. The number of ketones is 1. The number of hydrogen-bond donors (Lipinski definition) is 2. The Labute approximate surface area is 218 Å². The van der Waals surface area contributed by atoms with Crippen molar-refractivity contribution in [3.8, 4) is 5.19 Å². The van der Waals surface area contributed by atoms with Crippen LogP contribution in [0, 0.1) is 29.1 Å². The maximum absolute atomic E-state index is 13.3. The lowest BCUT2D eigenvalue weighted by Crippen LogP contribution is -2.46. The molecule has 2 unspecified atom stereocenters. The van der Waals surface area contributed by atoms with Gasteiger partial charge in [-0.25, -0.2) is 4.98 Å². The maximum Gasteiger partial charge on any atom is 0.309 e. The van der Waals surface area contributed by atoms with Crippen LogP contribution < -0.4 is 4.74 Å². The number of hydrogen-bond acceptors (Lipinski definition) is 8. The number of methoxy groups -OCH3 is 1. The van der Waals surface area contributed by atoms with Gasteiger partial charge in [0.2, 0.25) is 0 Å². The van der Waals surface area contributed by atoms with Crippen molar-refractivity contribution in [1.29, 1.82) is 0 Å². The number of carbonyl (C=O) groups excluding carboxylic acids is 2. The van der Waals surface area contributed by atoms with Crippen LogP contribution in [0.1, 0.15) is 72.9 Å². The molecule has 1 aromatic heterocycles. The summed E-state index contributed by atoms with van der Waals surface area (Å²) in [5, 5.41) is 24.3. The minimum absolute atomic E-state index is 0.0133. The summed E-state index contributed by atoms with van der Waals surface area (Å²) in [4.78, 5) is 30.6. The predicted octanol–water partition coefficient (Wildman–Crippen LogP) is 4.82. The van der Waals surface area contributed by atoms with Crippen LogP contribution in [0.4, 0.5) is 0 Å². The van der Waals surface area contributed by atoms with Gasteiger partial charge in [0.25, 0.3) is 5.19 Å². The van der Waals surface area contributed by atoms with Gasteiger partial charge < -0.3 is 19.7 Å². The molecule has 0 aromatic carbocycles. The van der Waals surface area contributed by atoms with Gasteiger partial charge in [-0.3, -0.25) is 9.59 Å². The molecule has 2 N–H and O–H groups in total. The highest BCUT2D eigenvalue weighted by Crippen LogP contribution is 2.50. The van der Waals surface area contributed by atoms with E-state index in [0.717, 1.165) is 24.1 Å². The first-order valence-electron chi connectivity index (χ1n) is 12.8. The molecule has 0 bridgehead atoms. The fourth-order valence-corrected chi connectivity index (χ4v) is 5.87. The first-order valence-corrected chi connectivity index (χ1v) is 13.7. The van der Waals surface area contributed by atoms with Gasteiger partial charge in [0, 0.05) is 17.7 Å². The highest BCUT2D eigenvalue weighted by atomic mass is 32.1. The van der Waals surface area contributed by atoms with E-state index in [0.29, 0.717) is 23.5 Å². The number of esters is 1. The lowest BCUT2D eigenvalue weighted by Gasteiger charge is -2.34. The third kappa shape index (κ3) is 6.64. The van der Waals surface area contributed by atoms with Crippen LogP contribution in [-0.2, 0) is 14.3 Å². The molecule has 8 heteroatoms. The van der Waals surface area contributed by atoms with Crippen LogP contribution in [0.5, 0.6) is 5.19 Å². The Morgan fingerprint density at radius 2 is 1.94 bits per heavy atom. The average Bonchev–Trinajstić information content (AvgIpc) is 3.44. The van der Waals surface area contributed by atoms with E-state index in [1.807, 2.05) is 25.3 Å². The molecule has 1 aliphatic heterocycles. The highest BCUT2D eigenvalue weighted by molar-refractivity contribution is 7.11. The molecular weight excluding hydrogens is 478 g/mol. The molecular formula is C28H41NO6S. The summed E-state index contributed by atoms with van der Waals surface area (Å²) in [5.41, 5.74) is 1.58. The first-order chi connectivity index (χ1) is 16.8. The SMILES string of the molecule is COc1nc(/C=C(\C)[C@@H]2C/C=C(/C)CC3CC3[C@H](C)[C@H](O)[C@@H](C)C(=O)C(C)(C)[C@@H](O)CC(=O)O2)cs1. The third-order valence-corrected chi connectivity index (χ3v) is 8.86. The van der Waals surface area contributed by atoms with E-state index < -0.39 is 35.6 Å². The molecule has 0 radical (unpaired) electrons. The summed E-state index contributed by atoms with van der Waals surface area (Å²) in [6.45, 7) is 11.0. The van der Waals surface area contributed by atoms with Gasteiger partial charge in [0.15, 0.2) is 0 Å². The van der Waals surface area contributed by atoms with Gasteiger partial charge in [-0.1, -0.05) is 50.7 Å². The van der Waals surface area contributed by atoms with E-state index in [1.54, 1.807) is 27.9 Å². The van der Waals surface area contributed by atoms with Crippen LogP contribution in [0.25, 0.3) is 6.08 Å². The van der Waals surface area contributed by atoms with Crippen LogP contribution in [0.3, 0.4) is 0 Å². The largest absolute Gasteiger partial charge is 0.473 e. The smallest absolute Gasteiger partial charge is 0.309 e. The topological polar surface area (TPSA) is 106 Å². The van der Waals surface area contributed by atoms with Gasteiger partial charge in [-0.05, 0) is 56.1 Å². The number of rotatable bonds is 3. The van der Waals surface area contributed by atoms with Crippen molar-refractivity contribution in [1.82, 2.24) is 4.98 Å². The molecule has 2 heterocycles. The predicted molar refractivity (Wildman–Crippen MR) is 141 cm³/mol. The minimum Gasteiger partial charge on any atom is -0.473 e. The molecule has 3 rings (SSSR count). The van der Waals surface area contributed by atoms with Crippen molar-refractivity contribution in [2.45, 2.75) is 85.5 Å². The standard InChI is InChI=1S/C28H41NO6S/c1-15-8-9-22(16(2)11-20-14-36-27(29-20)34-7)35-24(31)13-23(30)28(5,6)26(33)18(4)25(32)17(3)21-12-19(21)10-15/h8,11,14,17-19,21-23,25,30,32H,9-10,12-13H2,1-7H3/b15-8-,16-11+/t17-,18+,19?,21?,22-,23-,25-/m0/s1. The summed E-state index contributed by atoms with van der Waals surface area (Å²) in [6, 6.07) is 0. The Hall–Kier alpha value is -2.03. The number of nitrogens with zero attached hydrogens (tertiary/aromatic N) is 1. The number of ether oxygens (including phenoxy) is 2. The fraction of sp³-hybridized carbons (Fsp3) is 0.679. The second-order valence-electron chi connectivity index (χ2n) is 11.2. The summed E-state index contributed by atoms with van der Waals surface area (Å²) in [6.07, 6.45) is 3.61. The molecule has 7 nitrogen and oxygen atoms in total. The van der Waals surface area contributed by atoms with E-state index >= 15 is 0 Å². The molecule has 36 heavy (non-hydrogen) atoms. The van der Waals surface area contributed by atoms with Crippen molar-refractivity contribution in [2.24, 2.45) is 29.1 Å². The number of aromatic nitrogens is 1. The van der Waals surface area contributed by atoms with Crippen molar-refractivity contribution >= 4 is 29.2 Å². The van der Waals surface area contributed by atoms with Crippen LogP contribution in [0.15, 0.2) is 22.6 Å². The van der Waals surface area contributed by atoms with Crippen molar-refractivity contribution < 1.29 is 29.3 Å². The Morgan fingerprint density at radius 1 is 1.25 bits per heavy atom. The van der Waals surface area contributed by atoms with E-state index in [4.69, 9.17) is 9.47 Å². The zero-order valence-electron chi connectivity index (χ0n) is 22.5. The number of thiazole rings is 1. The lowest BCUT2D eigenvalue weighted by molar-refractivity contribution is -0.154. The van der Waals surface area contributed by atoms with Gasteiger partial charge in [-0.15, -0.1) is 0 Å². The van der Waals surface area contributed by atoms with Crippen molar-refractivity contribution in [3.05, 3.63) is 28.3 Å². The summed E-state index contributed by atoms with van der Waals surface area (Å²) >= 11 is 1.39. The average molecular weight is 520 g/mol. The van der Waals surface area contributed by atoms with Gasteiger partial charge in [0.05, 0.1) is 36.8 Å². The molecule has 200 valence electrons. The number of carbonyl (C=O) groups is 2. The third-order valence-electron chi connectivity index (χ3n) is 8.04. The van der Waals surface area contributed by atoms with Gasteiger partial charge in [-0.2, -0.15) is 0 Å². The van der Waals surface area contributed by atoms with Gasteiger partial charge >= 0.3 is 5.97 Å². The van der Waals surface area contributed by atoms with Crippen molar-refractivity contribution in [2.75, 3.05) is 7.11 Å². The molecule has 0 saturated heterocycles. The zero-order chi connectivity index (χ0) is 26.8. The number of aliphatic hydroxyl groups excluding tert-OH is 2. The summed E-state index contributed by atoms with van der Waals surface area (Å²) < 4.78 is 11.0. The number of fused-ring (bicyclic) bond motifs is 1. The summed E-state index contributed by atoms with van der Waals surface area (Å²) in [7, 11) is 1.57. The van der Waals surface area contributed by atoms with E-state index in [-0.39, 0.29) is 18.1 Å². The number of allylic oxidation sites excluding steroid dienone is 1. The second kappa shape index (κ2) is 11.6. The Kier molecular flexibility index (Phi) is 9.17. The molecule has 7 atom stereocenters. The van der Waals surface area contributed by atoms with Crippen LogP contribution in [0.2, 0.25) is 0 Å². The number of cyclic esters (lactones) is 1. The number of Topliss-reactive ketones (excluding diaryl/α,β-unsaturated/α-hetero) is 1. The Morgan fingerprint density at radius 3 is 2.58 bits per heavy atom. The molecule has 0 spiro atoms.